The first kappa shape index (κ1) is 12.3. The molecule has 0 heterocycles. The van der Waals surface area contributed by atoms with E-state index in [-0.39, 0.29) is 21.6 Å². The van der Waals surface area contributed by atoms with Crippen molar-refractivity contribution in [2.24, 2.45) is 0 Å². The Bertz CT molecular complexity index is 474. The number of methoxy groups -OCH3 is 1. The molecule has 0 N–H and O–H groups in total. The summed E-state index contributed by atoms with van der Waals surface area (Å²) in [5.74, 6) is 0.906. The van der Waals surface area contributed by atoms with Crippen LogP contribution in [0.4, 0.5) is 0 Å². The number of benzene rings is 2. The molecule has 2 rings (SSSR count). The Hall–Kier alpha value is -1.20. The van der Waals surface area contributed by atoms with Crippen molar-refractivity contribution in [2.75, 3.05) is 7.11 Å². The third kappa shape index (κ3) is 3.94. The van der Waals surface area contributed by atoms with Gasteiger partial charge in [0.05, 0.1) is 0 Å². The minimum atomic E-state index is -0.382. The van der Waals surface area contributed by atoms with E-state index >= 15 is 0 Å². The number of hydrogen-bond donors (Lipinski definition) is 0. The van der Waals surface area contributed by atoms with Crippen molar-refractivity contribution in [1.29, 1.82) is 0 Å². The first-order chi connectivity index (χ1) is 8.38. The number of hydrogen-bond acceptors (Lipinski definition) is 1. The molecule has 2 aromatic rings. The van der Waals surface area contributed by atoms with E-state index < -0.39 is 0 Å². The normalized spacial score (nSPS) is 10.6. The molecule has 85 valence electrons. The molecule has 1 nitrogen and oxygen atoms in total. The molecule has 0 aliphatic heterocycles. The van der Waals surface area contributed by atoms with Crippen LogP contribution in [-0.4, -0.2) is 28.7 Å². The van der Waals surface area contributed by atoms with Crippen LogP contribution in [0.15, 0.2) is 58.6 Å². The Morgan fingerprint density at radius 2 is 1.65 bits per heavy atom. The summed E-state index contributed by atoms with van der Waals surface area (Å²) in [5.41, 5.74) is 1.23. The second-order valence-electron chi connectivity index (χ2n) is 3.55. The molecule has 0 aliphatic carbocycles. The van der Waals surface area contributed by atoms with Crippen LogP contribution in [-0.2, 0) is 0 Å². The van der Waals surface area contributed by atoms with E-state index in [1.165, 1.54) is 9.07 Å². The van der Waals surface area contributed by atoms with Gasteiger partial charge in [0.2, 0.25) is 0 Å². The van der Waals surface area contributed by atoms with Gasteiger partial charge in [-0.1, -0.05) is 0 Å². The fourth-order valence-electron chi connectivity index (χ4n) is 1.44. The van der Waals surface area contributed by atoms with Crippen LogP contribution in [0.25, 0.3) is 6.08 Å². The Labute approximate surface area is 113 Å². The second-order valence-corrected chi connectivity index (χ2v) is 6.62. The molecule has 0 aromatic heterocycles. The quantitative estimate of drug-likeness (QED) is 0.783. The summed E-state index contributed by atoms with van der Waals surface area (Å²) in [6.07, 6.45) is 2.20. The Morgan fingerprint density at radius 1 is 0.941 bits per heavy atom. The Morgan fingerprint density at radius 3 is 2.29 bits per heavy atom. The van der Waals surface area contributed by atoms with Crippen molar-refractivity contribution >= 4 is 31.2 Å². The SMILES string of the molecule is COc1ccc(/C=[CH]/[Sb][c]2ccccc2)cc1. The maximum atomic E-state index is 5.13. The molecule has 0 fully saturated rings. The summed E-state index contributed by atoms with van der Waals surface area (Å²) in [6, 6.07) is 18.8. The van der Waals surface area contributed by atoms with E-state index in [9.17, 15) is 0 Å². The van der Waals surface area contributed by atoms with Crippen molar-refractivity contribution in [3.63, 3.8) is 0 Å². The summed E-state index contributed by atoms with van der Waals surface area (Å²) in [4.78, 5) is 0. The number of ether oxygens (including phenoxy) is 1. The van der Waals surface area contributed by atoms with E-state index in [1.54, 1.807) is 7.11 Å². The van der Waals surface area contributed by atoms with Gasteiger partial charge in [0, 0.05) is 0 Å². The predicted molar refractivity (Wildman–Crippen MR) is 73.9 cm³/mol. The van der Waals surface area contributed by atoms with Crippen molar-refractivity contribution < 1.29 is 4.74 Å². The van der Waals surface area contributed by atoms with Crippen molar-refractivity contribution in [1.82, 2.24) is 0 Å². The summed E-state index contributed by atoms with van der Waals surface area (Å²) in [6.45, 7) is 0. The van der Waals surface area contributed by atoms with Crippen LogP contribution in [0.2, 0.25) is 0 Å². The zero-order chi connectivity index (χ0) is 11.9. The van der Waals surface area contributed by atoms with E-state index in [0.29, 0.717) is 0 Å². The first-order valence-corrected chi connectivity index (χ1v) is 8.20. The third-order valence-corrected chi connectivity index (χ3v) is 4.92. The molecule has 0 amide bonds. The van der Waals surface area contributed by atoms with Gasteiger partial charge >= 0.3 is 113 Å². The fraction of sp³-hybridized carbons (Fsp3) is 0.0667. The molecule has 2 heteroatoms. The molecule has 0 spiro atoms. The molecule has 0 saturated heterocycles. The van der Waals surface area contributed by atoms with Crippen LogP contribution in [0, 0.1) is 0 Å². The van der Waals surface area contributed by atoms with Crippen molar-refractivity contribution in [3.05, 3.63) is 64.2 Å². The van der Waals surface area contributed by atoms with Gasteiger partial charge in [0.15, 0.2) is 0 Å². The Balaban J connectivity index is 1.96. The standard InChI is InChI=1S/C9H9O.C6H5.Sb/c1-3-8-4-6-9(10-2)7-5-8;1-2-4-6-5-3-1;/h1,3-7H,2H3;1-5H;. The summed E-state index contributed by atoms with van der Waals surface area (Å²) >= 11 is -0.382. The summed E-state index contributed by atoms with van der Waals surface area (Å²) < 4.78 is 8.94. The zero-order valence-electron chi connectivity index (χ0n) is 9.71. The number of rotatable bonds is 4. The van der Waals surface area contributed by atoms with E-state index in [0.717, 1.165) is 5.75 Å². The zero-order valence-corrected chi connectivity index (χ0v) is 12.3. The fourth-order valence-corrected chi connectivity index (χ4v) is 3.62. The van der Waals surface area contributed by atoms with Gasteiger partial charge in [0.1, 0.15) is 0 Å². The van der Waals surface area contributed by atoms with Crippen LogP contribution < -0.4 is 8.25 Å². The molecule has 17 heavy (non-hydrogen) atoms. The van der Waals surface area contributed by atoms with E-state index in [1.807, 2.05) is 12.1 Å². The second kappa shape index (κ2) is 6.51. The molecule has 2 aromatic carbocycles. The molecule has 1 radical (unpaired) electrons. The summed E-state index contributed by atoms with van der Waals surface area (Å²) in [5, 5.41) is 0. The third-order valence-electron chi connectivity index (χ3n) is 2.36. The van der Waals surface area contributed by atoms with Crippen LogP contribution in [0.3, 0.4) is 0 Å². The minimum absolute atomic E-state index is 0.382. The molecule has 0 unspecified atom stereocenters. The van der Waals surface area contributed by atoms with Gasteiger partial charge in [-0.2, -0.15) is 0 Å². The van der Waals surface area contributed by atoms with Gasteiger partial charge in [-0.25, -0.2) is 0 Å². The molecular weight excluding hydrogens is 318 g/mol. The monoisotopic (exact) mass is 331 g/mol. The van der Waals surface area contributed by atoms with Crippen LogP contribution in [0.5, 0.6) is 5.75 Å². The van der Waals surface area contributed by atoms with Gasteiger partial charge in [0.25, 0.3) is 0 Å². The Kier molecular flexibility index (Phi) is 4.70. The van der Waals surface area contributed by atoms with E-state index in [2.05, 4.69) is 52.6 Å². The average Bonchev–Trinajstić information content (AvgIpc) is 2.41. The van der Waals surface area contributed by atoms with Gasteiger partial charge < -0.3 is 0 Å². The van der Waals surface area contributed by atoms with Gasteiger partial charge in [-0.3, -0.25) is 0 Å². The average molecular weight is 332 g/mol. The molecule has 0 saturated carbocycles. The summed E-state index contributed by atoms with van der Waals surface area (Å²) in [7, 11) is 1.69. The van der Waals surface area contributed by atoms with Gasteiger partial charge in [-0.15, -0.1) is 0 Å². The topological polar surface area (TPSA) is 9.23 Å². The van der Waals surface area contributed by atoms with Crippen LogP contribution in [0.1, 0.15) is 5.56 Å². The van der Waals surface area contributed by atoms with Crippen molar-refractivity contribution in [2.45, 2.75) is 0 Å². The molecular formula is C15H14OSb. The maximum absolute atomic E-state index is 5.13. The molecule has 0 aliphatic rings. The first-order valence-electron chi connectivity index (χ1n) is 5.45. The van der Waals surface area contributed by atoms with Crippen LogP contribution >= 0.6 is 0 Å². The predicted octanol–water partition coefficient (Wildman–Crippen LogP) is 2.70. The van der Waals surface area contributed by atoms with E-state index in [4.69, 9.17) is 4.74 Å². The molecule has 0 atom stereocenters. The van der Waals surface area contributed by atoms with Crippen molar-refractivity contribution in [3.8, 4) is 5.75 Å². The van der Waals surface area contributed by atoms with Gasteiger partial charge in [-0.05, 0) is 0 Å². The molecule has 0 bridgehead atoms.